The number of halogens is 1. The molecule has 1 aliphatic rings. The monoisotopic (exact) mass is 434 g/mol. The van der Waals surface area contributed by atoms with E-state index < -0.39 is 0 Å². The Bertz CT molecular complexity index is 505. The number of oxazole rings is 1. The Labute approximate surface area is 157 Å². The maximum absolute atomic E-state index is 5.63. The van der Waals surface area contributed by atoms with Gasteiger partial charge in [0, 0.05) is 20.1 Å². The van der Waals surface area contributed by atoms with Crippen LogP contribution >= 0.6 is 24.0 Å². The summed E-state index contributed by atoms with van der Waals surface area (Å²) in [6, 6.07) is 0. The van der Waals surface area contributed by atoms with Crippen molar-refractivity contribution in [1.82, 2.24) is 15.2 Å². The average molecular weight is 434 g/mol. The molecule has 0 aliphatic carbocycles. The van der Waals surface area contributed by atoms with Gasteiger partial charge in [-0.05, 0) is 38.5 Å². The first kappa shape index (κ1) is 20.3. The fourth-order valence-electron chi connectivity index (χ4n) is 3.41. The zero-order valence-corrected chi connectivity index (χ0v) is 17.4. The van der Waals surface area contributed by atoms with Gasteiger partial charge in [0.25, 0.3) is 0 Å². The molecule has 6 heteroatoms. The van der Waals surface area contributed by atoms with Crippen molar-refractivity contribution in [3.8, 4) is 0 Å². The molecule has 1 atom stereocenters. The minimum Gasteiger partial charge on any atom is -0.444 e. The quantitative estimate of drug-likeness (QED) is 0.444. The third kappa shape index (κ3) is 5.36. The highest BCUT2D eigenvalue weighted by molar-refractivity contribution is 14.0. The standard InChI is InChI=1S/C17H30N4O.HI/c1-6-8-17(4)9-7-10-21(12-17)16(18-5)19-11-15-20-13(2)14(3)22-15;/h6-12H2,1-5H3,(H,18,19);1H. The Hall–Kier alpha value is -0.790. The Morgan fingerprint density at radius 3 is 2.74 bits per heavy atom. The van der Waals surface area contributed by atoms with Crippen molar-refractivity contribution in [3.63, 3.8) is 0 Å². The molecule has 1 aromatic rings. The second kappa shape index (κ2) is 8.89. The summed E-state index contributed by atoms with van der Waals surface area (Å²) in [6.07, 6.45) is 5.06. The lowest BCUT2D eigenvalue weighted by Crippen LogP contribution is -2.49. The molecule has 5 nitrogen and oxygen atoms in total. The molecule has 1 saturated heterocycles. The van der Waals surface area contributed by atoms with Gasteiger partial charge in [-0.3, -0.25) is 4.99 Å². The molecule has 1 fully saturated rings. The van der Waals surface area contributed by atoms with E-state index >= 15 is 0 Å². The first-order valence-corrected chi connectivity index (χ1v) is 8.36. The van der Waals surface area contributed by atoms with Gasteiger partial charge in [-0.15, -0.1) is 24.0 Å². The van der Waals surface area contributed by atoms with E-state index in [1.807, 2.05) is 20.9 Å². The van der Waals surface area contributed by atoms with E-state index in [1.54, 1.807) is 0 Å². The highest BCUT2D eigenvalue weighted by Gasteiger charge is 2.31. The molecule has 1 N–H and O–H groups in total. The van der Waals surface area contributed by atoms with Crippen LogP contribution in [0.3, 0.4) is 0 Å². The number of nitrogens with one attached hydrogen (secondary N) is 1. The Morgan fingerprint density at radius 2 is 2.17 bits per heavy atom. The van der Waals surface area contributed by atoms with Crippen LogP contribution in [0, 0.1) is 19.3 Å². The number of rotatable bonds is 4. The zero-order chi connectivity index (χ0) is 16.2. The molecule has 1 unspecified atom stereocenters. The molecule has 0 amide bonds. The van der Waals surface area contributed by atoms with Crippen molar-refractivity contribution in [2.45, 2.75) is 59.9 Å². The van der Waals surface area contributed by atoms with E-state index in [9.17, 15) is 0 Å². The fourth-order valence-corrected chi connectivity index (χ4v) is 3.41. The van der Waals surface area contributed by atoms with E-state index in [0.29, 0.717) is 12.0 Å². The number of hydrogen-bond acceptors (Lipinski definition) is 3. The van der Waals surface area contributed by atoms with Crippen molar-refractivity contribution in [1.29, 1.82) is 0 Å². The lowest BCUT2D eigenvalue weighted by molar-refractivity contribution is 0.142. The van der Waals surface area contributed by atoms with Crippen LogP contribution in [0.15, 0.2) is 9.41 Å². The number of likely N-dealkylation sites (tertiary alicyclic amines) is 1. The van der Waals surface area contributed by atoms with Gasteiger partial charge in [0.15, 0.2) is 5.96 Å². The summed E-state index contributed by atoms with van der Waals surface area (Å²) < 4.78 is 5.63. The van der Waals surface area contributed by atoms with Gasteiger partial charge in [0.1, 0.15) is 5.76 Å². The smallest absolute Gasteiger partial charge is 0.214 e. The molecule has 23 heavy (non-hydrogen) atoms. The van der Waals surface area contributed by atoms with Gasteiger partial charge < -0.3 is 14.6 Å². The second-order valence-electron chi connectivity index (χ2n) is 6.74. The number of aliphatic imine (C=N–C) groups is 1. The molecule has 2 rings (SSSR count). The predicted octanol–water partition coefficient (Wildman–Crippen LogP) is 3.89. The average Bonchev–Trinajstić information content (AvgIpc) is 2.78. The summed E-state index contributed by atoms with van der Waals surface area (Å²) in [6.45, 7) is 11.3. The largest absolute Gasteiger partial charge is 0.444 e. The Balaban J connectivity index is 0.00000264. The first-order chi connectivity index (χ1) is 10.5. The Kier molecular flexibility index (Phi) is 7.83. The molecule has 1 aliphatic heterocycles. The van der Waals surface area contributed by atoms with E-state index in [2.05, 4.69) is 34.0 Å². The van der Waals surface area contributed by atoms with Crippen molar-refractivity contribution in [2.75, 3.05) is 20.1 Å². The molecule has 0 aromatic carbocycles. The number of piperidine rings is 1. The van der Waals surface area contributed by atoms with E-state index in [-0.39, 0.29) is 24.0 Å². The second-order valence-corrected chi connectivity index (χ2v) is 6.74. The van der Waals surface area contributed by atoms with Crippen LogP contribution in [-0.4, -0.2) is 36.0 Å². The van der Waals surface area contributed by atoms with Crippen LogP contribution in [-0.2, 0) is 6.54 Å². The van der Waals surface area contributed by atoms with Crippen molar-refractivity contribution < 1.29 is 4.42 Å². The van der Waals surface area contributed by atoms with Crippen LogP contribution < -0.4 is 5.32 Å². The van der Waals surface area contributed by atoms with Crippen molar-refractivity contribution in [2.24, 2.45) is 10.4 Å². The summed E-state index contributed by atoms with van der Waals surface area (Å²) in [5, 5.41) is 3.40. The van der Waals surface area contributed by atoms with Crippen molar-refractivity contribution in [3.05, 3.63) is 17.3 Å². The summed E-state index contributed by atoms with van der Waals surface area (Å²) >= 11 is 0. The molecule has 0 saturated carbocycles. The van der Waals surface area contributed by atoms with Crippen LogP contribution in [0.5, 0.6) is 0 Å². The van der Waals surface area contributed by atoms with E-state index in [0.717, 1.165) is 36.4 Å². The molecular weight excluding hydrogens is 403 g/mol. The lowest BCUT2D eigenvalue weighted by Gasteiger charge is -2.41. The highest BCUT2D eigenvalue weighted by atomic mass is 127. The SMILES string of the molecule is CCCC1(C)CCCN(C(=NC)NCc2nc(C)c(C)o2)C1.I. The lowest BCUT2D eigenvalue weighted by atomic mass is 9.78. The summed E-state index contributed by atoms with van der Waals surface area (Å²) in [5.74, 6) is 2.57. The van der Waals surface area contributed by atoms with Crippen LogP contribution in [0.2, 0.25) is 0 Å². The highest BCUT2D eigenvalue weighted by Crippen LogP contribution is 2.33. The molecule has 132 valence electrons. The topological polar surface area (TPSA) is 53.7 Å². The molecule has 1 aromatic heterocycles. The maximum Gasteiger partial charge on any atom is 0.214 e. The minimum absolute atomic E-state index is 0. The summed E-state index contributed by atoms with van der Waals surface area (Å²) in [7, 11) is 1.85. The first-order valence-electron chi connectivity index (χ1n) is 8.36. The van der Waals surface area contributed by atoms with Crippen molar-refractivity contribution >= 4 is 29.9 Å². The Morgan fingerprint density at radius 1 is 1.43 bits per heavy atom. The van der Waals surface area contributed by atoms with Crippen LogP contribution in [0.1, 0.15) is 56.9 Å². The van der Waals surface area contributed by atoms with Gasteiger partial charge in [-0.25, -0.2) is 4.98 Å². The van der Waals surface area contributed by atoms with E-state index in [1.165, 1.54) is 25.7 Å². The maximum atomic E-state index is 5.63. The fraction of sp³-hybridized carbons (Fsp3) is 0.765. The number of hydrogen-bond donors (Lipinski definition) is 1. The molecule has 0 spiro atoms. The normalized spacial score (nSPS) is 22.0. The van der Waals surface area contributed by atoms with Gasteiger partial charge in [0.2, 0.25) is 5.89 Å². The summed E-state index contributed by atoms with van der Waals surface area (Å²) in [4.78, 5) is 11.2. The van der Waals surface area contributed by atoms with E-state index in [4.69, 9.17) is 4.42 Å². The molecule has 2 heterocycles. The molecule has 0 bridgehead atoms. The van der Waals surface area contributed by atoms with Gasteiger partial charge in [-0.1, -0.05) is 20.3 Å². The number of guanidine groups is 1. The van der Waals surface area contributed by atoms with Gasteiger partial charge in [-0.2, -0.15) is 0 Å². The number of aryl methyl sites for hydroxylation is 2. The zero-order valence-electron chi connectivity index (χ0n) is 15.1. The van der Waals surface area contributed by atoms with Gasteiger partial charge in [0.05, 0.1) is 12.2 Å². The van der Waals surface area contributed by atoms with Crippen LogP contribution in [0.25, 0.3) is 0 Å². The van der Waals surface area contributed by atoms with Gasteiger partial charge >= 0.3 is 0 Å². The number of nitrogens with zero attached hydrogens (tertiary/aromatic N) is 3. The predicted molar refractivity (Wildman–Crippen MR) is 105 cm³/mol. The third-order valence-corrected chi connectivity index (χ3v) is 4.62. The minimum atomic E-state index is 0. The molecule has 0 radical (unpaired) electrons. The summed E-state index contributed by atoms with van der Waals surface area (Å²) in [5.41, 5.74) is 1.36. The third-order valence-electron chi connectivity index (χ3n) is 4.62. The molecular formula is C17H31IN4O. The number of aromatic nitrogens is 1. The van der Waals surface area contributed by atoms with Crippen LogP contribution in [0.4, 0.5) is 0 Å².